The molecule has 7 heteroatoms. The van der Waals surface area contributed by atoms with Gasteiger partial charge >= 0.3 is 6.98 Å². The van der Waals surface area contributed by atoms with Crippen LogP contribution in [0, 0.1) is 26.0 Å². The fourth-order valence-corrected chi connectivity index (χ4v) is 7.80. The maximum atomic E-state index is 4.88. The third-order valence-corrected chi connectivity index (χ3v) is 10.7. The fourth-order valence-electron chi connectivity index (χ4n) is 7.80. The Morgan fingerprint density at radius 3 is 1.93 bits per heavy atom. The molecule has 1 radical (unpaired) electrons. The number of hydrogen-bond acceptors (Lipinski definition) is 4. The predicted molar refractivity (Wildman–Crippen MR) is 236 cm³/mol. The van der Waals surface area contributed by atoms with Crippen LogP contribution in [0.4, 0.5) is 22.9 Å². The minimum absolute atomic E-state index is 0. The minimum atomic E-state index is -0.0648. The van der Waals surface area contributed by atoms with Crippen LogP contribution >= 0.6 is 0 Å². The van der Waals surface area contributed by atoms with Gasteiger partial charge in [0, 0.05) is 50.1 Å². The largest absolute Gasteiger partial charge is 0.415 e. The zero-order chi connectivity index (χ0) is 39.6. The standard InChI is InChI=1S/C29H29BN3.C21H23N2.Ir/c1-21-12-11-13-22(2)28(21)30-32(24-14-7-6-8-15-24)25-16-9-10-17-26(25)33(30)27-20-23(18-19-31-27)29(3,4)5;1-15(2)18-11-8-12-19(16(3)4)20(18)23-14-13-22-21(23)17-9-6-5-7-10-17;/h6-16,18-20H,1-5H3;5-9,11-16H,1-4H3;/q2*-1;. The number of rotatable bonds is 7. The van der Waals surface area contributed by atoms with Crippen LogP contribution < -0.4 is 15.1 Å². The Bertz CT molecular complexity index is 2370. The fraction of sp³-hybridized carbons (Fsp3) is 0.240. The monoisotopic (exact) mass is 926 g/mol. The Balaban J connectivity index is 0.000000202. The third-order valence-electron chi connectivity index (χ3n) is 10.7. The molecule has 0 spiro atoms. The third kappa shape index (κ3) is 8.42. The van der Waals surface area contributed by atoms with Crippen molar-refractivity contribution in [2.24, 2.45) is 0 Å². The van der Waals surface area contributed by atoms with E-state index in [1.54, 1.807) is 0 Å². The molecule has 0 saturated carbocycles. The van der Waals surface area contributed by atoms with Gasteiger partial charge in [-0.3, -0.25) is 4.98 Å². The summed E-state index contributed by atoms with van der Waals surface area (Å²) in [7, 11) is 0. The van der Waals surface area contributed by atoms with E-state index >= 15 is 0 Å². The molecule has 1 aliphatic rings. The van der Waals surface area contributed by atoms with Crippen molar-refractivity contribution >= 4 is 35.3 Å². The van der Waals surface area contributed by atoms with Crippen molar-refractivity contribution < 1.29 is 20.1 Å². The van der Waals surface area contributed by atoms with Gasteiger partial charge in [0.1, 0.15) is 5.82 Å². The Morgan fingerprint density at radius 1 is 0.649 bits per heavy atom. The van der Waals surface area contributed by atoms with Crippen molar-refractivity contribution in [3.63, 3.8) is 0 Å². The van der Waals surface area contributed by atoms with E-state index in [1.165, 1.54) is 39.0 Å². The van der Waals surface area contributed by atoms with Gasteiger partial charge < -0.3 is 14.2 Å². The number of imidazole rings is 1. The number of para-hydroxylation sites is 3. The molecule has 0 bridgehead atoms. The van der Waals surface area contributed by atoms with Crippen LogP contribution in [0.5, 0.6) is 0 Å². The molecule has 0 atom stereocenters. The number of pyridine rings is 1. The topological polar surface area (TPSA) is 37.2 Å². The number of anilines is 4. The normalized spacial score (nSPS) is 12.4. The van der Waals surface area contributed by atoms with Crippen molar-refractivity contribution in [2.45, 2.75) is 79.6 Å². The Morgan fingerprint density at radius 2 is 1.30 bits per heavy atom. The number of fused-ring (bicyclic) bond motifs is 1. The molecule has 3 heterocycles. The summed E-state index contributed by atoms with van der Waals surface area (Å²) in [4.78, 5) is 14.2. The smallest absolute Gasteiger partial charge is 0.409 e. The van der Waals surface area contributed by atoms with Crippen LogP contribution in [-0.4, -0.2) is 21.5 Å². The minimum Gasteiger partial charge on any atom is -0.415 e. The molecule has 5 aromatic carbocycles. The number of benzene rings is 5. The van der Waals surface area contributed by atoms with Crippen molar-refractivity contribution in [2.75, 3.05) is 9.62 Å². The van der Waals surface area contributed by atoms with Gasteiger partial charge in [-0.15, -0.1) is 42.0 Å². The molecule has 0 amide bonds. The molecule has 57 heavy (non-hydrogen) atoms. The van der Waals surface area contributed by atoms with Crippen LogP contribution in [0.3, 0.4) is 0 Å². The molecule has 0 unspecified atom stereocenters. The second-order valence-corrected chi connectivity index (χ2v) is 16.3. The van der Waals surface area contributed by atoms with Crippen molar-refractivity contribution in [1.29, 1.82) is 0 Å². The Hall–Kier alpha value is -5.23. The van der Waals surface area contributed by atoms with Crippen LogP contribution in [-0.2, 0) is 25.5 Å². The predicted octanol–water partition coefficient (Wildman–Crippen LogP) is 12.1. The number of hydrogen-bond donors (Lipinski definition) is 0. The summed E-state index contributed by atoms with van der Waals surface area (Å²) in [5.41, 5.74) is 13.5. The quantitative estimate of drug-likeness (QED) is 0.118. The van der Waals surface area contributed by atoms with Crippen molar-refractivity contribution in [3.05, 3.63) is 180 Å². The summed E-state index contributed by atoms with van der Waals surface area (Å²) in [6, 6.07) is 49.3. The van der Waals surface area contributed by atoms with E-state index in [-0.39, 0.29) is 32.5 Å². The van der Waals surface area contributed by atoms with Gasteiger partial charge in [-0.1, -0.05) is 126 Å². The van der Waals surface area contributed by atoms with Crippen LogP contribution in [0.25, 0.3) is 17.1 Å². The summed E-state index contributed by atoms with van der Waals surface area (Å²) in [6.07, 6.45) is 5.87. The SMILES string of the molecule is CC(C)c1cccc(C(C)C)c1-n1ccnc1-c1[c-]cccc1.Cc1cccc(C)c1B1N(c2cc(C(C)(C)C)ccn2)c2[c-]cccc2N1c1ccccc1.[Ir]. The molecule has 2 aromatic heterocycles. The molecular formula is C50H52BIrN5-2. The van der Waals surface area contributed by atoms with Gasteiger partial charge in [0.05, 0.1) is 5.82 Å². The molecule has 0 saturated heterocycles. The van der Waals surface area contributed by atoms with E-state index < -0.39 is 0 Å². The molecule has 291 valence electrons. The average molecular weight is 926 g/mol. The Labute approximate surface area is 354 Å². The van der Waals surface area contributed by atoms with E-state index in [4.69, 9.17) is 4.98 Å². The molecule has 5 nitrogen and oxygen atoms in total. The number of aryl methyl sites for hydroxylation is 2. The van der Waals surface area contributed by atoms with Gasteiger partial charge in [0.25, 0.3) is 0 Å². The first kappa shape index (κ1) is 41.4. The van der Waals surface area contributed by atoms with Gasteiger partial charge in [-0.25, -0.2) is 4.98 Å². The van der Waals surface area contributed by atoms with E-state index in [1.807, 2.05) is 36.7 Å². The molecule has 0 aliphatic carbocycles. The van der Waals surface area contributed by atoms with E-state index in [2.05, 4.69) is 197 Å². The molecule has 0 fully saturated rings. The summed E-state index contributed by atoms with van der Waals surface area (Å²) in [6.45, 7) is 20.1. The van der Waals surface area contributed by atoms with Gasteiger partial charge in [-0.05, 0) is 77.5 Å². The van der Waals surface area contributed by atoms with E-state index in [9.17, 15) is 0 Å². The summed E-state index contributed by atoms with van der Waals surface area (Å²) in [5, 5.41) is 0. The van der Waals surface area contributed by atoms with Gasteiger partial charge in [-0.2, -0.15) is 18.2 Å². The van der Waals surface area contributed by atoms with Crippen molar-refractivity contribution in [1.82, 2.24) is 14.5 Å². The maximum Gasteiger partial charge on any atom is 0.409 e. The summed E-state index contributed by atoms with van der Waals surface area (Å²) in [5.74, 6) is 2.80. The number of aromatic nitrogens is 3. The van der Waals surface area contributed by atoms with Gasteiger partial charge in [0.15, 0.2) is 0 Å². The second-order valence-electron chi connectivity index (χ2n) is 16.3. The van der Waals surface area contributed by atoms with Crippen molar-refractivity contribution in [3.8, 4) is 17.1 Å². The zero-order valence-electron chi connectivity index (χ0n) is 34.6. The molecule has 7 aromatic rings. The maximum absolute atomic E-state index is 4.88. The molecular weight excluding hydrogens is 874 g/mol. The zero-order valence-corrected chi connectivity index (χ0v) is 37.0. The van der Waals surface area contributed by atoms with E-state index in [0.29, 0.717) is 11.8 Å². The van der Waals surface area contributed by atoms with Crippen LogP contribution in [0.1, 0.15) is 88.1 Å². The molecule has 0 N–H and O–H groups in total. The van der Waals surface area contributed by atoms with Gasteiger partial charge in [0.2, 0.25) is 0 Å². The number of nitrogens with zero attached hydrogens (tertiary/aromatic N) is 5. The Kier molecular flexibility index (Phi) is 12.7. The molecule has 8 rings (SSSR count). The first-order valence-electron chi connectivity index (χ1n) is 19.8. The van der Waals surface area contributed by atoms with Crippen LogP contribution in [0.15, 0.2) is 140 Å². The van der Waals surface area contributed by atoms with E-state index in [0.717, 1.165) is 34.3 Å². The molecule has 1 aliphatic heterocycles. The first-order chi connectivity index (χ1) is 27.0. The second kappa shape index (κ2) is 17.5. The van der Waals surface area contributed by atoms with Crippen LogP contribution in [0.2, 0.25) is 0 Å². The summed E-state index contributed by atoms with van der Waals surface area (Å²) >= 11 is 0. The summed E-state index contributed by atoms with van der Waals surface area (Å²) < 4.78 is 2.22. The first-order valence-corrected chi connectivity index (χ1v) is 19.8. The average Bonchev–Trinajstić information content (AvgIpc) is 3.82.